The molecular weight excluding hydrogens is 224 g/mol. The first-order chi connectivity index (χ1) is 8.58. The summed E-state index contributed by atoms with van der Waals surface area (Å²) >= 11 is 0. The van der Waals surface area contributed by atoms with E-state index in [2.05, 4.69) is 4.90 Å². The van der Waals surface area contributed by atoms with Gasteiger partial charge in [0.25, 0.3) is 0 Å². The van der Waals surface area contributed by atoms with Gasteiger partial charge < -0.3 is 9.80 Å². The second-order valence-electron chi connectivity index (χ2n) is 4.33. The van der Waals surface area contributed by atoms with E-state index in [0.29, 0.717) is 0 Å². The van der Waals surface area contributed by atoms with E-state index < -0.39 is 0 Å². The Labute approximate surface area is 110 Å². The average molecular weight is 246 g/mol. The Balaban J connectivity index is 2.69. The maximum Gasteiger partial charge on any atom is 0.246 e. The minimum atomic E-state index is 0.0664. The molecule has 0 bridgehead atoms. The van der Waals surface area contributed by atoms with Crippen molar-refractivity contribution in [2.24, 2.45) is 0 Å². The van der Waals surface area contributed by atoms with Crippen LogP contribution in [0.15, 0.2) is 30.3 Å². The van der Waals surface area contributed by atoms with Crippen LogP contribution in [0.1, 0.15) is 19.4 Å². The second-order valence-corrected chi connectivity index (χ2v) is 4.33. The van der Waals surface area contributed by atoms with Gasteiger partial charge in [0, 0.05) is 38.9 Å². The Morgan fingerprint density at radius 1 is 1.11 bits per heavy atom. The molecule has 0 fully saturated rings. The maximum absolute atomic E-state index is 11.8. The number of rotatable bonds is 5. The van der Waals surface area contributed by atoms with E-state index in [4.69, 9.17) is 0 Å². The van der Waals surface area contributed by atoms with E-state index in [0.717, 1.165) is 24.3 Å². The highest BCUT2D eigenvalue weighted by Crippen LogP contribution is 2.13. The zero-order valence-corrected chi connectivity index (χ0v) is 11.7. The molecule has 3 heteroatoms. The van der Waals surface area contributed by atoms with Gasteiger partial charge >= 0.3 is 0 Å². The molecule has 0 saturated carbocycles. The van der Waals surface area contributed by atoms with Crippen molar-refractivity contribution in [1.29, 1.82) is 0 Å². The van der Waals surface area contributed by atoms with Crippen LogP contribution in [0.5, 0.6) is 0 Å². The lowest BCUT2D eigenvalue weighted by atomic mass is 10.2. The number of nitrogens with zero attached hydrogens (tertiary/aromatic N) is 2. The predicted octanol–water partition coefficient (Wildman–Crippen LogP) is 2.63. The molecule has 1 aromatic rings. The molecule has 1 aromatic carbocycles. The Morgan fingerprint density at radius 2 is 1.67 bits per heavy atom. The summed E-state index contributed by atoms with van der Waals surface area (Å²) in [4.78, 5) is 15.6. The van der Waals surface area contributed by atoms with Crippen molar-refractivity contribution in [2.75, 3.05) is 32.1 Å². The SMILES string of the molecule is CCN(CC)C(=O)/C=C/c1ccc(N(C)C)cc1. The van der Waals surface area contributed by atoms with Crippen molar-refractivity contribution in [1.82, 2.24) is 4.90 Å². The average Bonchev–Trinajstić information content (AvgIpc) is 2.38. The predicted molar refractivity (Wildman–Crippen MR) is 77.7 cm³/mol. The van der Waals surface area contributed by atoms with Crippen molar-refractivity contribution < 1.29 is 4.79 Å². The molecule has 1 rings (SSSR count). The smallest absolute Gasteiger partial charge is 0.246 e. The fourth-order valence-corrected chi connectivity index (χ4v) is 1.69. The quantitative estimate of drug-likeness (QED) is 0.746. The molecule has 1 amide bonds. The van der Waals surface area contributed by atoms with Gasteiger partial charge in [0.05, 0.1) is 0 Å². The third-order valence-corrected chi connectivity index (χ3v) is 2.90. The molecule has 0 unspecified atom stereocenters. The van der Waals surface area contributed by atoms with Crippen LogP contribution in [0.3, 0.4) is 0 Å². The van der Waals surface area contributed by atoms with Crippen LogP contribution >= 0.6 is 0 Å². The van der Waals surface area contributed by atoms with Crippen molar-refractivity contribution in [3.05, 3.63) is 35.9 Å². The molecule has 0 spiro atoms. The lowest BCUT2D eigenvalue weighted by molar-refractivity contribution is -0.125. The highest BCUT2D eigenvalue weighted by Gasteiger charge is 2.04. The molecule has 0 aliphatic carbocycles. The molecule has 0 N–H and O–H groups in total. The van der Waals surface area contributed by atoms with Gasteiger partial charge in [0.2, 0.25) is 5.91 Å². The fourth-order valence-electron chi connectivity index (χ4n) is 1.69. The van der Waals surface area contributed by atoms with E-state index >= 15 is 0 Å². The van der Waals surface area contributed by atoms with Crippen molar-refractivity contribution in [2.45, 2.75) is 13.8 Å². The van der Waals surface area contributed by atoms with E-state index in [1.54, 1.807) is 11.0 Å². The molecule has 0 atom stereocenters. The largest absolute Gasteiger partial charge is 0.378 e. The minimum absolute atomic E-state index is 0.0664. The van der Waals surface area contributed by atoms with Crippen LogP contribution in [0.25, 0.3) is 6.08 Å². The van der Waals surface area contributed by atoms with Crippen LogP contribution in [0.2, 0.25) is 0 Å². The van der Waals surface area contributed by atoms with Gasteiger partial charge in [-0.1, -0.05) is 12.1 Å². The van der Waals surface area contributed by atoms with Gasteiger partial charge in [-0.05, 0) is 37.6 Å². The topological polar surface area (TPSA) is 23.6 Å². The lowest BCUT2D eigenvalue weighted by Gasteiger charge is -2.16. The molecule has 0 radical (unpaired) electrons. The van der Waals surface area contributed by atoms with Gasteiger partial charge in [0.15, 0.2) is 0 Å². The number of benzene rings is 1. The van der Waals surface area contributed by atoms with Crippen LogP contribution < -0.4 is 4.90 Å². The highest BCUT2D eigenvalue weighted by atomic mass is 16.2. The Bertz CT molecular complexity index is 403. The van der Waals surface area contributed by atoms with Crippen LogP contribution in [-0.2, 0) is 4.79 Å². The van der Waals surface area contributed by atoms with E-state index in [9.17, 15) is 4.79 Å². The number of likely N-dealkylation sites (N-methyl/N-ethyl adjacent to an activating group) is 1. The number of carbonyl (C=O) groups excluding carboxylic acids is 1. The van der Waals surface area contributed by atoms with E-state index in [1.807, 2.05) is 58.3 Å². The number of amides is 1. The standard InChI is InChI=1S/C15H22N2O/c1-5-17(6-2)15(18)12-9-13-7-10-14(11-8-13)16(3)4/h7-12H,5-6H2,1-4H3/b12-9+. The molecule has 0 aliphatic heterocycles. The maximum atomic E-state index is 11.8. The minimum Gasteiger partial charge on any atom is -0.378 e. The summed E-state index contributed by atoms with van der Waals surface area (Å²) in [6, 6.07) is 8.12. The fraction of sp³-hybridized carbons (Fsp3) is 0.400. The molecule has 0 saturated heterocycles. The summed E-state index contributed by atoms with van der Waals surface area (Å²) in [6.07, 6.45) is 3.50. The summed E-state index contributed by atoms with van der Waals surface area (Å²) in [6.45, 7) is 5.47. The summed E-state index contributed by atoms with van der Waals surface area (Å²) in [7, 11) is 4.02. The van der Waals surface area contributed by atoms with Gasteiger partial charge in [-0.3, -0.25) is 4.79 Å². The summed E-state index contributed by atoms with van der Waals surface area (Å²) in [5, 5.41) is 0. The molecule has 0 aromatic heterocycles. The third-order valence-electron chi connectivity index (χ3n) is 2.90. The van der Waals surface area contributed by atoms with Gasteiger partial charge in [0.1, 0.15) is 0 Å². The first-order valence-corrected chi connectivity index (χ1v) is 6.32. The molecule has 0 heterocycles. The van der Waals surface area contributed by atoms with Gasteiger partial charge in [-0.2, -0.15) is 0 Å². The van der Waals surface area contributed by atoms with Gasteiger partial charge in [-0.15, -0.1) is 0 Å². The first kappa shape index (κ1) is 14.3. The Hall–Kier alpha value is -1.77. The second kappa shape index (κ2) is 6.84. The molecule has 0 aliphatic rings. The van der Waals surface area contributed by atoms with Crippen LogP contribution in [-0.4, -0.2) is 38.0 Å². The Morgan fingerprint density at radius 3 is 2.11 bits per heavy atom. The number of carbonyl (C=O) groups is 1. The summed E-state index contributed by atoms with van der Waals surface area (Å²) in [5.41, 5.74) is 2.20. The molecule has 98 valence electrons. The van der Waals surface area contributed by atoms with Crippen LogP contribution in [0.4, 0.5) is 5.69 Å². The zero-order valence-electron chi connectivity index (χ0n) is 11.7. The van der Waals surface area contributed by atoms with Gasteiger partial charge in [-0.25, -0.2) is 0 Å². The monoisotopic (exact) mass is 246 g/mol. The molecule has 3 nitrogen and oxygen atoms in total. The highest BCUT2D eigenvalue weighted by molar-refractivity contribution is 5.91. The number of hydrogen-bond acceptors (Lipinski definition) is 2. The summed E-state index contributed by atoms with van der Waals surface area (Å²) < 4.78 is 0. The van der Waals surface area contributed by atoms with Crippen LogP contribution in [0, 0.1) is 0 Å². The van der Waals surface area contributed by atoms with Crippen molar-refractivity contribution >= 4 is 17.7 Å². The normalized spacial score (nSPS) is 10.7. The third kappa shape index (κ3) is 3.91. The number of hydrogen-bond donors (Lipinski definition) is 0. The first-order valence-electron chi connectivity index (χ1n) is 6.32. The van der Waals surface area contributed by atoms with E-state index in [-0.39, 0.29) is 5.91 Å². The van der Waals surface area contributed by atoms with Crippen molar-refractivity contribution in [3.8, 4) is 0 Å². The lowest BCUT2D eigenvalue weighted by Crippen LogP contribution is -2.28. The van der Waals surface area contributed by atoms with Crippen molar-refractivity contribution in [3.63, 3.8) is 0 Å². The molecule has 18 heavy (non-hydrogen) atoms. The molecular formula is C15H22N2O. The summed E-state index contributed by atoms with van der Waals surface area (Å²) in [5.74, 6) is 0.0664. The zero-order chi connectivity index (χ0) is 13.5. The number of anilines is 1. The Kier molecular flexibility index (Phi) is 5.43. The van der Waals surface area contributed by atoms with E-state index in [1.165, 1.54) is 0 Å².